The van der Waals surface area contributed by atoms with Crippen molar-refractivity contribution in [3.05, 3.63) is 29.8 Å². The van der Waals surface area contributed by atoms with Gasteiger partial charge >= 0.3 is 0 Å². The Morgan fingerprint density at radius 1 is 1.54 bits per heavy atom. The second-order valence-corrected chi connectivity index (χ2v) is 3.75. The van der Waals surface area contributed by atoms with Gasteiger partial charge in [0.15, 0.2) is 0 Å². The maximum Gasteiger partial charge on any atom is 0.0802 e. The summed E-state index contributed by atoms with van der Waals surface area (Å²) in [7, 11) is 0. The second-order valence-electron chi connectivity index (χ2n) is 2.87. The van der Waals surface area contributed by atoms with Crippen LogP contribution in [0.2, 0.25) is 0 Å². The average molecular weight is 197 g/mol. The van der Waals surface area contributed by atoms with E-state index in [0.717, 1.165) is 5.56 Å². The third kappa shape index (κ3) is 3.03. The van der Waals surface area contributed by atoms with Crippen molar-refractivity contribution < 1.29 is 5.11 Å². The average Bonchev–Trinajstić information content (AvgIpc) is 2.18. The van der Waals surface area contributed by atoms with Crippen molar-refractivity contribution in [2.24, 2.45) is 5.73 Å². The monoisotopic (exact) mass is 197 g/mol. The van der Waals surface area contributed by atoms with E-state index in [2.05, 4.69) is 0 Å². The van der Waals surface area contributed by atoms with Crippen molar-refractivity contribution in [3.63, 3.8) is 0 Å². The van der Waals surface area contributed by atoms with E-state index in [1.807, 2.05) is 30.5 Å². The summed E-state index contributed by atoms with van der Waals surface area (Å²) in [6.45, 7) is 0.519. The molecule has 0 spiro atoms. The zero-order valence-corrected chi connectivity index (χ0v) is 8.55. The summed E-state index contributed by atoms with van der Waals surface area (Å²) in [5.74, 6) is 0. The van der Waals surface area contributed by atoms with E-state index >= 15 is 0 Å². The molecule has 0 unspecified atom stereocenters. The van der Waals surface area contributed by atoms with Crippen LogP contribution in [0.1, 0.15) is 18.1 Å². The predicted octanol–water partition coefficient (Wildman–Crippen LogP) is 1.79. The van der Waals surface area contributed by atoms with Crippen molar-refractivity contribution in [2.75, 3.05) is 12.8 Å². The number of hydrogen-bond donors (Lipinski definition) is 2. The molecule has 3 N–H and O–H groups in total. The number of rotatable bonds is 4. The molecule has 1 rings (SSSR count). The number of aliphatic hydroxyl groups is 1. The Morgan fingerprint density at radius 2 is 2.31 bits per heavy atom. The number of thioether (sulfide) groups is 1. The fourth-order valence-electron chi connectivity index (χ4n) is 1.17. The van der Waals surface area contributed by atoms with Gasteiger partial charge in [0, 0.05) is 4.90 Å². The lowest BCUT2D eigenvalue weighted by atomic mass is 10.1. The molecule has 0 radical (unpaired) electrons. The molecule has 0 saturated heterocycles. The number of hydrogen-bond acceptors (Lipinski definition) is 3. The van der Waals surface area contributed by atoms with Crippen LogP contribution in [0.4, 0.5) is 0 Å². The first kappa shape index (κ1) is 10.6. The van der Waals surface area contributed by atoms with Gasteiger partial charge in [-0.2, -0.15) is 0 Å². The molecule has 0 aliphatic heterocycles. The van der Waals surface area contributed by atoms with E-state index in [1.165, 1.54) is 4.90 Å². The van der Waals surface area contributed by atoms with Crippen LogP contribution >= 0.6 is 11.8 Å². The molecular formula is C10H15NOS. The van der Waals surface area contributed by atoms with Crippen LogP contribution in [-0.4, -0.2) is 17.9 Å². The van der Waals surface area contributed by atoms with Gasteiger partial charge < -0.3 is 10.8 Å². The van der Waals surface area contributed by atoms with Crippen molar-refractivity contribution >= 4 is 11.8 Å². The quantitative estimate of drug-likeness (QED) is 0.723. The summed E-state index contributed by atoms with van der Waals surface area (Å²) in [5.41, 5.74) is 6.33. The molecule has 0 aliphatic rings. The van der Waals surface area contributed by atoms with Crippen LogP contribution in [0.3, 0.4) is 0 Å². The van der Waals surface area contributed by atoms with Crippen molar-refractivity contribution in [3.8, 4) is 0 Å². The minimum absolute atomic E-state index is 0.419. The number of nitrogens with two attached hydrogens (primary N) is 1. The second kappa shape index (κ2) is 5.27. The Hall–Kier alpha value is -0.510. The van der Waals surface area contributed by atoms with E-state index in [1.54, 1.807) is 11.8 Å². The van der Waals surface area contributed by atoms with Gasteiger partial charge in [-0.3, -0.25) is 0 Å². The Kier molecular flexibility index (Phi) is 4.28. The summed E-state index contributed by atoms with van der Waals surface area (Å²) < 4.78 is 0. The maximum absolute atomic E-state index is 9.65. The lowest BCUT2D eigenvalue weighted by Gasteiger charge is -2.10. The lowest BCUT2D eigenvalue weighted by Crippen LogP contribution is -2.06. The van der Waals surface area contributed by atoms with Gasteiger partial charge in [0.1, 0.15) is 0 Å². The Morgan fingerprint density at radius 3 is 2.92 bits per heavy atom. The fraction of sp³-hybridized carbons (Fsp3) is 0.400. The molecule has 1 aromatic carbocycles. The largest absolute Gasteiger partial charge is 0.388 e. The predicted molar refractivity (Wildman–Crippen MR) is 56.9 cm³/mol. The van der Waals surface area contributed by atoms with Gasteiger partial charge in [0.2, 0.25) is 0 Å². The van der Waals surface area contributed by atoms with Gasteiger partial charge in [-0.25, -0.2) is 0 Å². The molecular weight excluding hydrogens is 182 g/mol. The molecule has 1 atom stereocenters. The molecule has 0 heterocycles. The first-order valence-electron chi connectivity index (χ1n) is 4.30. The van der Waals surface area contributed by atoms with Crippen LogP contribution in [-0.2, 0) is 0 Å². The third-order valence-electron chi connectivity index (χ3n) is 1.92. The third-order valence-corrected chi connectivity index (χ3v) is 2.64. The highest BCUT2D eigenvalue weighted by atomic mass is 32.2. The Balaban J connectivity index is 2.75. The Labute approximate surface area is 83.1 Å². The van der Waals surface area contributed by atoms with E-state index < -0.39 is 6.10 Å². The molecule has 0 amide bonds. The van der Waals surface area contributed by atoms with Gasteiger partial charge in [0.25, 0.3) is 0 Å². The van der Waals surface area contributed by atoms with E-state index in [-0.39, 0.29) is 0 Å². The molecule has 72 valence electrons. The zero-order valence-electron chi connectivity index (χ0n) is 7.73. The van der Waals surface area contributed by atoms with Crippen LogP contribution in [0.5, 0.6) is 0 Å². The van der Waals surface area contributed by atoms with Crippen LogP contribution < -0.4 is 5.73 Å². The zero-order chi connectivity index (χ0) is 9.68. The van der Waals surface area contributed by atoms with Gasteiger partial charge in [-0.1, -0.05) is 12.1 Å². The highest BCUT2D eigenvalue weighted by Crippen LogP contribution is 2.21. The summed E-state index contributed by atoms with van der Waals surface area (Å²) in [5, 5.41) is 9.65. The highest BCUT2D eigenvalue weighted by Gasteiger charge is 2.05. The molecule has 13 heavy (non-hydrogen) atoms. The van der Waals surface area contributed by atoms with Gasteiger partial charge in [0.05, 0.1) is 6.10 Å². The standard InChI is InChI=1S/C10H15NOS/c1-13-9-4-2-3-8(7-9)10(12)5-6-11/h2-4,7,10,12H,5-6,11H2,1H3/t10-/m1/s1. The molecule has 0 bridgehead atoms. The molecule has 0 saturated carbocycles. The first-order valence-corrected chi connectivity index (χ1v) is 5.52. The van der Waals surface area contributed by atoms with Crippen LogP contribution in [0.25, 0.3) is 0 Å². The molecule has 0 aromatic heterocycles. The topological polar surface area (TPSA) is 46.2 Å². The minimum atomic E-state index is -0.419. The minimum Gasteiger partial charge on any atom is -0.388 e. The normalized spacial score (nSPS) is 12.8. The van der Waals surface area contributed by atoms with E-state index in [4.69, 9.17) is 5.73 Å². The number of benzene rings is 1. The maximum atomic E-state index is 9.65. The van der Waals surface area contributed by atoms with E-state index in [9.17, 15) is 5.11 Å². The summed E-state index contributed by atoms with van der Waals surface area (Å²) >= 11 is 1.68. The fourth-order valence-corrected chi connectivity index (χ4v) is 1.64. The molecule has 1 aromatic rings. The smallest absolute Gasteiger partial charge is 0.0802 e. The molecule has 2 nitrogen and oxygen atoms in total. The highest BCUT2D eigenvalue weighted by molar-refractivity contribution is 7.98. The molecule has 0 aliphatic carbocycles. The van der Waals surface area contributed by atoms with Gasteiger partial charge in [-0.15, -0.1) is 11.8 Å². The van der Waals surface area contributed by atoms with Gasteiger partial charge in [-0.05, 0) is 36.9 Å². The summed E-state index contributed by atoms with van der Waals surface area (Å²) in [6.07, 6.45) is 2.23. The number of aliphatic hydroxyl groups excluding tert-OH is 1. The van der Waals surface area contributed by atoms with Crippen molar-refractivity contribution in [2.45, 2.75) is 17.4 Å². The summed E-state index contributed by atoms with van der Waals surface area (Å²) in [4.78, 5) is 1.17. The van der Waals surface area contributed by atoms with Crippen molar-refractivity contribution in [1.29, 1.82) is 0 Å². The lowest BCUT2D eigenvalue weighted by molar-refractivity contribution is 0.170. The molecule has 3 heteroatoms. The van der Waals surface area contributed by atoms with Crippen LogP contribution in [0.15, 0.2) is 29.2 Å². The first-order chi connectivity index (χ1) is 6.27. The van der Waals surface area contributed by atoms with E-state index in [0.29, 0.717) is 13.0 Å². The summed E-state index contributed by atoms with van der Waals surface area (Å²) in [6, 6.07) is 7.93. The molecule has 0 fully saturated rings. The van der Waals surface area contributed by atoms with Crippen LogP contribution in [0, 0.1) is 0 Å². The SMILES string of the molecule is CSc1cccc([C@H](O)CCN)c1. The van der Waals surface area contributed by atoms with Crippen molar-refractivity contribution in [1.82, 2.24) is 0 Å². The Bertz CT molecular complexity index is 265.